The van der Waals surface area contributed by atoms with Gasteiger partial charge in [-0.05, 0) is 13.3 Å². The molecule has 0 aliphatic heterocycles. The van der Waals surface area contributed by atoms with Crippen LogP contribution in [0.25, 0.3) is 0 Å². The first-order valence-corrected chi connectivity index (χ1v) is 3.73. The lowest BCUT2D eigenvalue weighted by Crippen LogP contribution is -2.19. The fourth-order valence-electron chi connectivity index (χ4n) is 0.862. The molecule has 0 spiro atoms. The first-order chi connectivity index (χ1) is 5.24. The number of rotatable bonds is 6. The van der Waals surface area contributed by atoms with Gasteiger partial charge in [0.25, 0.3) is 0 Å². The zero-order valence-corrected chi connectivity index (χ0v) is 7.37. The minimum Gasteiger partial charge on any atom is -0.382 e. The average Bonchev–Trinajstić information content (AvgIpc) is 2.03. The van der Waals surface area contributed by atoms with Gasteiger partial charge in [-0.15, -0.1) is 0 Å². The van der Waals surface area contributed by atoms with Crippen LogP contribution < -0.4 is 0 Å². The third kappa shape index (κ3) is 4.93. The Kier molecular flexibility index (Phi) is 6.07. The molecule has 11 heavy (non-hydrogen) atoms. The molecule has 3 heteroatoms. The molecule has 0 saturated carbocycles. The van der Waals surface area contributed by atoms with Gasteiger partial charge in [0.1, 0.15) is 6.29 Å². The number of carbonyl (C=O) groups excluding carboxylic acids is 1. The fourth-order valence-corrected chi connectivity index (χ4v) is 0.862. The van der Waals surface area contributed by atoms with E-state index in [2.05, 4.69) is 0 Å². The second-order valence-corrected chi connectivity index (χ2v) is 2.54. The second kappa shape index (κ2) is 6.31. The van der Waals surface area contributed by atoms with Crippen molar-refractivity contribution in [2.45, 2.75) is 32.0 Å². The summed E-state index contributed by atoms with van der Waals surface area (Å²) in [6.45, 7) is 1.96. The molecule has 0 radical (unpaired) electrons. The molecule has 2 atom stereocenters. The number of aldehydes is 1. The average molecular weight is 160 g/mol. The highest BCUT2D eigenvalue weighted by Crippen LogP contribution is 2.06. The van der Waals surface area contributed by atoms with E-state index >= 15 is 0 Å². The topological polar surface area (TPSA) is 35.5 Å². The van der Waals surface area contributed by atoms with Gasteiger partial charge in [-0.2, -0.15) is 0 Å². The van der Waals surface area contributed by atoms with Crippen LogP contribution in [0.2, 0.25) is 0 Å². The second-order valence-electron chi connectivity index (χ2n) is 2.54. The van der Waals surface area contributed by atoms with Crippen LogP contribution in [-0.4, -0.2) is 32.7 Å². The Morgan fingerprint density at radius 1 is 1.36 bits per heavy atom. The number of hydrogen-bond donors (Lipinski definition) is 0. The van der Waals surface area contributed by atoms with Gasteiger partial charge < -0.3 is 14.3 Å². The van der Waals surface area contributed by atoms with Gasteiger partial charge in [0.15, 0.2) is 0 Å². The summed E-state index contributed by atoms with van der Waals surface area (Å²) in [5.74, 6) is 0. The van der Waals surface area contributed by atoms with Gasteiger partial charge >= 0.3 is 0 Å². The summed E-state index contributed by atoms with van der Waals surface area (Å²) < 4.78 is 10.1. The molecule has 3 nitrogen and oxygen atoms in total. The molecule has 0 saturated heterocycles. The van der Waals surface area contributed by atoms with Crippen LogP contribution in [0.1, 0.15) is 19.8 Å². The summed E-state index contributed by atoms with van der Waals surface area (Å²) in [5, 5.41) is 0. The van der Waals surface area contributed by atoms with Crippen LogP contribution >= 0.6 is 0 Å². The SMILES string of the molecule is CO[C@@H](CC=O)C[C@@H](C)OC. The quantitative estimate of drug-likeness (QED) is 0.544. The van der Waals surface area contributed by atoms with E-state index in [0.717, 1.165) is 12.7 Å². The van der Waals surface area contributed by atoms with Gasteiger partial charge in [-0.25, -0.2) is 0 Å². The minimum absolute atomic E-state index is 0.00227. The van der Waals surface area contributed by atoms with Crippen LogP contribution in [0.15, 0.2) is 0 Å². The number of ether oxygens (including phenoxy) is 2. The fraction of sp³-hybridized carbons (Fsp3) is 0.875. The maximum absolute atomic E-state index is 10.1. The molecule has 0 aliphatic carbocycles. The van der Waals surface area contributed by atoms with Crippen LogP contribution in [0.4, 0.5) is 0 Å². The van der Waals surface area contributed by atoms with E-state index in [4.69, 9.17) is 9.47 Å². The molecule has 0 aliphatic rings. The van der Waals surface area contributed by atoms with Gasteiger partial charge in [0.05, 0.1) is 12.2 Å². The highest BCUT2D eigenvalue weighted by molar-refractivity contribution is 5.50. The Morgan fingerprint density at radius 3 is 2.36 bits per heavy atom. The third-order valence-electron chi connectivity index (χ3n) is 1.69. The van der Waals surface area contributed by atoms with Crippen LogP contribution in [0.3, 0.4) is 0 Å². The van der Waals surface area contributed by atoms with Crippen LogP contribution in [-0.2, 0) is 14.3 Å². The lowest BCUT2D eigenvalue weighted by Gasteiger charge is -2.16. The Bertz CT molecular complexity index is 104. The zero-order chi connectivity index (χ0) is 8.69. The molecular weight excluding hydrogens is 144 g/mol. The molecule has 0 fully saturated rings. The lowest BCUT2D eigenvalue weighted by molar-refractivity contribution is -0.110. The van der Waals surface area contributed by atoms with Crippen molar-refractivity contribution in [3.8, 4) is 0 Å². The Labute approximate surface area is 67.7 Å². The largest absolute Gasteiger partial charge is 0.382 e. The van der Waals surface area contributed by atoms with Crippen molar-refractivity contribution in [3.05, 3.63) is 0 Å². The molecule has 0 aromatic heterocycles. The minimum atomic E-state index is 0.00227. The van der Waals surface area contributed by atoms with E-state index in [1.165, 1.54) is 0 Å². The van der Waals surface area contributed by atoms with Crippen LogP contribution in [0.5, 0.6) is 0 Å². The summed E-state index contributed by atoms with van der Waals surface area (Å²) in [5.41, 5.74) is 0. The Hall–Kier alpha value is -0.410. The first kappa shape index (κ1) is 10.6. The van der Waals surface area contributed by atoms with Crippen molar-refractivity contribution < 1.29 is 14.3 Å². The molecule has 0 rings (SSSR count). The van der Waals surface area contributed by atoms with Gasteiger partial charge in [0, 0.05) is 20.6 Å². The maximum atomic E-state index is 10.1. The summed E-state index contributed by atoms with van der Waals surface area (Å²) in [7, 11) is 3.26. The van der Waals surface area contributed by atoms with Gasteiger partial charge in [-0.1, -0.05) is 0 Å². The predicted molar refractivity (Wildman–Crippen MR) is 42.6 cm³/mol. The highest BCUT2D eigenvalue weighted by atomic mass is 16.5. The van der Waals surface area contributed by atoms with Crippen LogP contribution in [0, 0.1) is 0 Å². The summed E-state index contributed by atoms with van der Waals surface area (Å²) in [4.78, 5) is 10.1. The van der Waals surface area contributed by atoms with Gasteiger partial charge in [-0.3, -0.25) is 0 Å². The van der Waals surface area contributed by atoms with E-state index in [0.29, 0.717) is 6.42 Å². The number of methoxy groups -OCH3 is 2. The molecule has 0 amide bonds. The summed E-state index contributed by atoms with van der Waals surface area (Å²) >= 11 is 0. The molecule has 0 aromatic rings. The van der Waals surface area contributed by atoms with E-state index in [1.54, 1.807) is 14.2 Å². The van der Waals surface area contributed by atoms with E-state index < -0.39 is 0 Å². The van der Waals surface area contributed by atoms with Crippen molar-refractivity contribution in [3.63, 3.8) is 0 Å². The predicted octanol–water partition coefficient (Wildman–Crippen LogP) is 1.02. The number of carbonyl (C=O) groups is 1. The van der Waals surface area contributed by atoms with Crippen molar-refractivity contribution in [2.24, 2.45) is 0 Å². The van der Waals surface area contributed by atoms with Crippen molar-refractivity contribution in [1.82, 2.24) is 0 Å². The van der Waals surface area contributed by atoms with E-state index in [-0.39, 0.29) is 12.2 Å². The first-order valence-electron chi connectivity index (χ1n) is 3.73. The molecular formula is C8H16O3. The Balaban J connectivity index is 3.57. The molecule has 0 N–H and O–H groups in total. The normalized spacial score (nSPS) is 15.9. The standard InChI is InChI=1S/C8H16O3/c1-7(10-2)6-8(11-3)4-5-9/h5,7-8H,4,6H2,1-3H3/t7-,8+/m1/s1. The highest BCUT2D eigenvalue weighted by Gasteiger charge is 2.10. The number of hydrogen-bond acceptors (Lipinski definition) is 3. The van der Waals surface area contributed by atoms with Gasteiger partial charge in [0.2, 0.25) is 0 Å². The lowest BCUT2D eigenvalue weighted by atomic mass is 10.1. The molecule has 0 heterocycles. The van der Waals surface area contributed by atoms with Crippen molar-refractivity contribution in [2.75, 3.05) is 14.2 Å². The monoisotopic (exact) mass is 160 g/mol. The third-order valence-corrected chi connectivity index (χ3v) is 1.69. The molecule has 66 valence electrons. The van der Waals surface area contributed by atoms with Crippen molar-refractivity contribution >= 4 is 6.29 Å². The Morgan fingerprint density at radius 2 is 2.00 bits per heavy atom. The maximum Gasteiger partial charge on any atom is 0.122 e. The molecule has 0 aromatic carbocycles. The van der Waals surface area contributed by atoms with E-state index in [1.807, 2.05) is 6.92 Å². The molecule has 0 unspecified atom stereocenters. The summed E-state index contributed by atoms with van der Waals surface area (Å²) in [6, 6.07) is 0. The zero-order valence-electron chi connectivity index (χ0n) is 7.37. The van der Waals surface area contributed by atoms with E-state index in [9.17, 15) is 4.79 Å². The summed E-state index contributed by atoms with van der Waals surface area (Å²) in [6.07, 6.45) is 2.24. The molecule has 0 bridgehead atoms. The smallest absolute Gasteiger partial charge is 0.122 e. The van der Waals surface area contributed by atoms with Crippen molar-refractivity contribution in [1.29, 1.82) is 0 Å².